The van der Waals surface area contributed by atoms with Crippen LogP contribution in [0.3, 0.4) is 0 Å². The van der Waals surface area contributed by atoms with E-state index < -0.39 is 0 Å². The lowest BCUT2D eigenvalue weighted by molar-refractivity contribution is 0.557. The SMILES string of the molecule is Clc1nc(C2CCCCCC2)nc(Cl)c1C1CCCC1. The Kier molecular flexibility index (Phi) is 4.83. The van der Waals surface area contributed by atoms with Gasteiger partial charge in [-0.25, -0.2) is 9.97 Å². The molecule has 2 fully saturated rings. The van der Waals surface area contributed by atoms with Gasteiger partial charge in [-0.15, -0.1) is 0 Å². The number of rotatable bonds is 2. The lowest BCUT2D eigenvalue weighted by Gasteiger charge is -2.17. The summed E-state index contributed by atoms with van der Waals surface area (Å²) in [5.41, 5.74) is 1.00. The molecule has 1 aromatic heterocycles. The maximum atomic E-state index is 6.44. The Balaban J connectivity index is 1.86. The van der Waals surface area contributed by atoms with E-state index in [1.807, 2.05) is 0 Å². The Morgan fingerprint density at radius 2 is 1.10 bits per heavy atom. The van der Waals surface area contributed by atoms with Gasteiger partial charge in [0.15, 0.2) is 0 Å². The largest absolute Gasteiger partial charge is 0.221 e. The molecule has 2 nitrogen and oxygen atoms in total. The van der Waals surface area contributed by atoms with Crippen molar-refractivity contribution in [1.29, 1.82) is 0 Å². The average Bonchev–Trinajstić information content (AvgIpc) is 2.79. The third-order valence-corrected chi connectivity index (χ3v) is 5.43. The molecule has 0 amide bonds. The van der Waals surface area contributed by atoms with Crippen LogP contribution in [0, 0.1) is 0 Å². The molecule has 0 bridgehead atoms. The Morgan fingerprint density at radius 3 is 1.65 bits per heavy atom. The van der Waals surface area contributed by atoms with Gasteiger partial charge in [0.05, 0.1) is 0 Å². The highest BCUT2D eigenvalue weighted by atomic mass is 35.5. The van der Waals surface area contributed by atoms with Gasteiger partial charge in [-0.1, -0.05) is 61.7 Å². The van der Waals surface area contributed by atoms with Crippen LogP contribution in [0.4, 0.5) is 0 Å². The van der Waals surface area contributed by atoms with Gasteiger partial charge in [-0.3, -0.25) is 0 Å². The van der Waals surface area contributed by atoms with Crippen molar-refractivity contribution in [1.82, 2.24) is 9.97 Å². The summed E-state index contributed by atoms with van der Waals surface area (Å²) in [7, 11) is 0. The molecular formula is C16H22Cl2N2. The molecule has 1 aromatic rings. The fourth-order valence-corrected chi connectivity index (χ4v) is 4.41. The highest BCUT2D eigenvalue weighted by Crippen LogP contribution is 2.41. The summed E-state index contributed by atoms with van der Waals surface area (Å²) >= 11 is 12.9. The molecule has 20 heavy (non-hydrogen) atoms. The Hall–Kier alpha value is -0.340. The second kappa shape index (κ2) is 6.62. The molecule has 0 aromatic carbocycles. The van der Waals surface area contributed by atoms with Crippen LogP contribution in [0.1, 0.15) is 87.4 Å². The lowest BCUT2D eigenvalue weighted by atomic mass is 9.98. The first-order valence-electron chi connectivity index (χ1n) is 7.98. The quantitative estimate of drug-likeness (QED) is 0.503. The van der Waals surface area contributed by atoms with E-state index in [0.717, 1.165) is 11.4 Å². The molecule has 3 rings (SSSR count). The normalized spacial score (nSPS) is 22.1. The van der Waals surface area contributed by atoms with Crippen LogP contribution in [0.25, 0.3) is 0 Å². The van der Waals surface area contributed by atoms with Gasteiger partial charge in [-0.2, -0.15) is 0 Å². The Morgan fingerprint density at radius 1 is 0.650 bits per heavy atom. The molecular weight excluding hydrogens is 291 g/mol. The highest BCUT2D eigenvalue weighted by Gasteiger charge is 2.26. The van der Waals surface area contributed by atoms with E-state index in [1.165, 1.54) is 64.2 Å². The predicted octanol–water partition coefficient (Wildman–Crippen LogP) is 5.88. The van der Waals surface area contributed by atoms with Crippen molar-refractivity contribution in [2.75, 3.05) is 0 Å². The molecule has 0 atom stereocenters. The number of halogens is 2. The van der Waals surface area contributed by atoms with Crippen LogP contribution in [0.2, 0.25) is 10.3 Å². The number of hydrogen-bond acceptors (Lipinski definition) is 2. The van der Waals surface area contributed by atoms with Gasteiger partial charge in [0.25, 0.3) is 0 Å². The minimum atomic E-state index is 0.449. The third-order valence-electron chi connectivity index (χ3n) is 4.85. The average molecular weight is 313 g/mol. The molecule has 2 aliphatic carbocycles. The number of nitrogens with zero attached hydrogens (tertiary/aromatic N) is 2. The van der Waals surface area contributed by atoms with Gasteiger partial charge in [0.1, 0.15) is 16.1 Å². The van der Waals surface area contributed by atoms with Crippen molar-refractivity contribution in [3.63, 3.8) is 0 Å². The van der Waals surface area contributed by atoms with Gasteiger partial charge in [0, 0.05) is 11.5 Å². The zero-order valence-corrected chi connectivity index (χ0v) is 13.4. The van der Waals surface area contributed by atoms with Gasteiger partial charge < -0.3 is 0 Å². The van der Waals surface area contributed by atoms with E-state index in [9.17, 15) is 0 Å². The summed E-state index contributed by atoms with van der Waals surface area (Å²) in [6, 6.07) is 0. The van der Waals surface area contributed by atoms with Gasteiger partial charge >= 0.3 is 0 Å². The molecule has 1 heterocycles. The van der Waals surface area contributed by atoms with Crippen LogP contribution in [0.15, 0.2) is 0 Å². The summed E-state index contributed by atoms with van der Waals surface area (Å²) in [5, 5.41) is 1.22. The number of hydrogen-bond donors (Lipinski definition) is 0. The standard InChI is InChI=1S/C16H22Cl2N2/c17-14-13(11-7-5-6-8-11)15(18)20-16(19-14)12-9-3-1-2-4-10-12/h11-12H,1-10H2. The minimum Gasteiger partial charge on any atom is -0.221 e. The first-order valence-corrected chi connectivity index (χ1v) is 8.74. The molecule has 0 spiro atoms. The van der Waals surface area contributed by atoms with Crippen LogP contribution < -0.4 is 0 Å². The second-order valence-corrected chi connectivity index (χ2v) is 6.96. The third kappa shape index (κ3) is 3.12. The van der Waals surface area contributed by atoms with Crippen LogP contribution in [-0.4, -0.2) is 9.97 Å². The van der Waals surface area contributed by atoms with Crippen molar-refractivity contribution in [3.05, 3.63) is 21.7 Å². The maximum Gasteiger partial charge on any atom is 0.137 e. The van der Waals surface area contributed by atoms with Crippen molar-refractivity contribution in [2.45, 2.75) is 76.0 Å². The summed E-state index contributed by atoms with van der Waals surface area (Å²) in [6.07, 6.45) is 12.4. The zero-order chi connectivity index (χ0) is 13.9. The fraction of sp³-hybridized carbons (Fsp3) is 0.750. The molecule has 4 heteroatoms. The minimum absolute atomic E-state index is 0.449. The highest BCUT2D eigenvalue weighted by molar-refractivity contribution is 6.34. The predicted molar refractivity (Wildman–Crippen MR) is 83.7 cm³/mol. The molecule has 0 aliphatic heterocycles. The van der Waals surface area contributed by atoms with Crippen molar-refractivity contribution in [3.8, 4) is 0 Å². The molecule has 0 N–H and O–H groups in total. The first kappa shape index (κ1) is 14.6. The maximum absolute atomic E-state index is 6.44. The smallest absolute Gasteiger partial charge is 0.137 e. The summed E-state index contributed by atoms with van der Waals surface area (Å²) < 4.78 is 0. The van der Waals surface area contributed by atoms with Gasteiger partial charge in [-0.05, 0) is 31.6 Å². The summed E-state index contributed by atoms with van der Waals surface area (Å²) in [6.45, 7) is 0. The van der Waals surface area contributed by atoms with Crippen molar-refractivity contribution in [2.24, 2.45) is 0 Å². The molecule has 0 radical (unpaired) electrons. The van der Waals surface area contributed by atoms with E-state index >= 15 is 0 Å². The molecule has 110 valence electrons. The summed E-state index contributed by atoms with van der Waals surface area (Å²) in [5.74, 6) is 1.80. The molecule has 2 aliphatic rings. The van der Waals surface area contributed by atoms with Crippen LogP contribution >= 0.6 is 23.2 Å². The van der Waals surface area contributed by atoms with Crippen LogP contribution in [0.5, 0.6) is 0 Å². The first-order chi connectivity index (χ1) is 9.75. The summed E-state index contributed by atoms with van der Waals surface area (Å²) in [4.78, 5) is 9.23. The van der Waals surface area contributed by atoms with E-state index in [4.69, 9.17) is 23.2 Å². The number of aromatic nitrogens is 2. The second-order valence-electron chi connectivity index (χ2n) is 6.25. The molecule has 2 saturated carbocycles. The Labute approximate surface area is 131 Å². The molecule has 0 saturated heterocycles. The zero-order valence-electron chi connectivity index (χ0n) is 11.9. The topological polar surface area (TPSA) is 25.8 Å². The monoisotopic (exact) mass is 312 g/mol. The van der Waals surface area contributed by atoms with Crippen LogP contribution in [-0.2, 0) is 0 Å². The lowest BCUT2D eigenvalue weighted by Crippen LogP contribution is -2.08. The van der Waals surface area contributed by atoms with E-state index in [0.29, 0.717) is 22.1 Å². The Bertz CT molecular complexity index is 439. The molecule has 0 unspecified atom stereocenters. The van der Waals surface area contributed by atoms with E-state index in [2.05, 4.69) is 9.97 Å². The van der Waals surface area contributed by atoms with Gasteiger partial charge in [0.2, 0.25) is 0 Å². The van der Waals surface area contributed by atoms with Crippen molar-refractivity contribution < 1.29 is 0 Å². The van der Waals surface area contributed by atoms with E-state index in [1.54, 1.807) is 0 Å². The van der Waals surface area contributed by atoms with Crippen molar-refractivity contribution >= 4 is 23.2 Å². The van der Waals surface area contributed by atoms with E-state index in [-0.39, 0.29) is 0 Å². The fourth-order valence-electron chi connectivity index (χ4n) is 3.70.